The van der Waals surface area contributed by atoms with Crippen LogP contribution < -0.4 is 0 Å². The fourth-order valence-electron chi connectivity index (χ4n) is 3.76. The molecule has 1 N–H and O–H groups in total. The summed E-state index contributed by atoms with van der Waals surface area (Å²) >= 11 is 0. The quantitative estimate of drug-likeness (QED) is 0.505. The van der Waals surface area contributed by atoms with Crippen LogP contribution in [0, 0.1) is 11.8 Å². The molecule has 1 aliphatic carbocycles. The normalized spacial score (nSPS) is 23.3. The van der Waals surface area contributed by atoms with E-state index in [9.17, 15) is 14.7 Å². The highest BCUT2D eigenvalue weighted by molar-refractivity contribution is 6.01. The van der Waals surface area contributed by atoms with Gasteiger partial charge < -0.3 is 5.11 Å². The average Bonchev–Trinajstić information content (AvgIpc) is 2.99. The lowest BCUT2D eigenvalue weighted by Crippen LogP contribution is -2.32. The van der Waals surface area contributed by atoms with E-state index in [0.29, 0.717) is 24.8 Å². The van der Waals surface area contributed by atoms with E-state index in [1.807, 2.05) is 18.2 Å². The van der Waals surface area contributed by atoms with Gasteiger partial charge >= 0.3 is 0 Å². The highest BCUT2D eigenvalue weighted by Crippen LogP contribution is 2.36. The van der Waals surface area contributed by atoms with Crippen molar-refractivity contribution in [3.63, 3.8) is 0 Å². The summed E-state index contributed by atoms with van der Waals surface area (Å²) in [5.41, 5.74) is 0.598. The zero-order chi connectivity index (χ0) is 17.4. The Kier molecular flexibility index (Phi) is 7.64. The minimum Gasteiger partial charge on any atom is -0.392 e. The van der Waals surface area contributed by atoms with Crippen LogP contribution in [0.25, 0.3) is 0 Å². The van der Waals surface area contributed by atoms with Gasteiger partial charge in [-0.05, 0) is 19.3 Å². The van der Waals surface area contributed by atoms with Crippen molar-refractivity contribution in [1.29, 1.82) is 0 Å². The first kappa shape index (κ1) is 18.9. The predicted molar refractivity (Wildman–Crippen MR) is 96.0 cm³/mol. The van der Waals surface area contributed by atoms with Gasteiger partial charge in [0.2, 0.25) is 0 Å². The lowest BCUT2D eigenvalue weighted by atomic mass is 9.83. The number of rotatable bonds is 10. The molecule has 0 bridgehead atoms. The number of hydrogen-bond donors (Lipinski definition) is 1. The van der Waals surface area contributed by atoms with Crippen LogP contribution >= 0.6 is 0 Å². The SMILES string of the molecule is CCCCCCCCC(=O)[C@H]1CC[C@@H](O)[C@@H]1C(=O)c1ccccc1. The summed E-state index contributed by atoms with van der Waals surface area (Å²) in [7, 11) is 0. The van der Waals surface area contributed by atoms with Crippen LogP contribution in [0.3, 0.4) is 0 Å². The molecule has 0 aliphatic heterocycles. The number of Topliss-reactive ketones (excluding diaryl/α,β-unsaturated/α-hetero) is 2. The molecule has 3 atom stereocenters. The van der Waals surface area contributed by atoms with Crippen molar-refractivity contribution >= 4 is 11.6 Å². The molecule has 1 aromatic rings. The first-order valence-corrected chi connectivity index (χ1v) is 9.45. The molecule has 0 spiro atoms. The molecular weight excluding hydrogens is 300 g/mol. The Hall–Kier alpha value is -1.48. The van der Waals surface area contributed by atoms with Crippen LogP contribution in [0.4, 0.5) is 0 Å². The Balaban J connectivity index is 1.88. The van der Waals surface area contributed by atoms with Crippen molar-refractivity contribution < 1.29 is 14.7 Å². The molecule has 3 nitrogen and oxygen atoms in total. The number of benzene rings is 1. The van der Waals surface area contributed by atoms with E-state index in [1.54, 1.807) is 12.1 Å². The number of ketones is 2. The first-order chi connectivity index (χ1) is 11.6. The van der Waals surface area contributed by atoms with E-state index in [0.717, 1.165) is 12.8 Å². The van der Waals surface area contributed by atoms with E-state index >= 15 is 0 Å². The largest absolute Gasteiger partial charge is 0.392 e. The van der Waals surface area contributed by atoms with Crippen molar-refractivity contribution in [1.82, 2.24) is 0 Å². The molecule has 0 unspecified atom stereocenters. The molecule has 0 aromatic heterocycles. The second-order valence-corrected chi connectivity index (χ2v) is 6.99. The summed E-state index contributed by atoms with van der Waals surface area (Å²) in [6.07, 6.45) is 7.94. The van der Waals surface area contributed by atoms with Crippen molar-refractivity contribution in [3.8, 4) is 0 Å². The average molecular weight is 330 g/mol. The molecule has 132 valence electrons. The van der Waals surface area contributed by atoms with Crippen molar-refractivity contribution in [2.45, 2.75) is 70.8 Å². The van der Waals surface area contributed by atoms with Gasteiger partial charge in [0.25, 0.3) is 0 Å². The maximum Gasteiger partial charge on any atom is 0.169 e. The highest BCUT2D eigenvalue weighted by atomic mass is 16.3. The Morgan fingerprint density at radius 3 is 2.38 bits per heavy atom. The van der Waals surface area contributed by atoms with Crippen LogP contribution in [-0.2, 0) is 4.79 Å². The van der Waals surface area contributed by atoms with Gasteiger partial charge in [-0.3, -0.25) is 9.59 Å². The Morgan fingerprint density at radius 1 is 1.00 bits per heavy atom. The molecule has 3 heteroatoms. The van der Waals surface area contributed by atoms with E-state index < -0.39 is 12.0 Å². The molecule has 0 amide bonds. The maximum absolute atomic E-state index is 12.7. The van der Waals surface area contributed by atoms with Gasteiger partial charge in [0.1, 0.15) is 5.78 Å². The van der Waals surface area contributed by atoms with Crippen LogP contribution in [0.15, 0.2) is 30.3 Å². The molecule has 1 fully saturated rings. The third kappa shape index (κ3) is 5.01. The zero-order valence-electron chi connectivity index (χ0n) is 14.7. The Labute approximate surface area is 145 Å². The van der Waals surface area contributed by atoms with Crippen LogP contribution in [0.1, 0.15) is 75.1 Å². The fourth-order valence-corrected chi connectivity index (χ4v) is 3.76. The number of unbranched alkanes of at least 4 members (excludes halogenated alkanes) is 5. The van der Waals surface area contributed by atoms with Gasteiger partial charge in [-0.2, -0.15) is 0 Å². The smallest absolute Gasteiger partial charge is 0.169 e. The Bertz CT molecular complexity index is 523. The van der Waals surface area contributed by atoms with E-state index in [-0.39, 0.29) is 17.5 Å². The van der Waals surface area contributed by atoms with Crippen molar-refractivity contribution in [2.75, 3.05) is 0 Å². The molecule has 0 heterocycles. The number of carbonyl (C=O) groups excluding carboxylic acids is 2. The standard InChI is InChI=1S/C21H30O3/c1-2-3-4-5-6-10-13-18(22)17-14-15-19(23)20(17)21(24)16-11-8-7-9-12-16/h7-9,11-12,17,19-20,23H,2-6,10,13-15H2,1H3/t17-,19-,20-/m1/s1. The van der Waals surface area contributed by atoms with Gasteiger partial charge in [0, 0.05) is 17.9 Å². The minimum absolute atomic E-state index is 0.0816. The van der Waals surface area contributed by atoms with Gasteiger partial charge in [-0.15, -0.1) is 0 Å². The van der Waals surface area contributed by atoms with Gasteiger partial charge in [0.15, 0.2) is 5.78 Å². The second kappa shape index (κ2) is 9.73. The molecule has 0 saturated heterocycles. The van der Waals surface area contributed by atoms with Crippen LogP contribution in [0.5, 0.6) is 0 Å². The van der Waals surface area contributed by atoms with E-state index in [2.05, 4.69) is 6.92 Å². The zero-order valence-corrected chi connectivity index (χ0v) is 14.7. The summed E-state index contributed by atoms with van der Waals surface area (Å²) in [5, 5.41) is 10.2. The van der Waals surface area contributed by atoms with Gasteiger partial charge in [0.05, 0.1) is 12.0 Å². The molecule has 1 saturated carbocycles. The number of aliphatic hydroxyl groups is 1. The lowest BCUT2D eigenvalue weighted by Gasteiger charge is -2.20. The number of hydrogen-bond acceptors (Lipinski definition) is 3. The third-order valence-corrected chi connectivity index (χ3v) is 5.17. The fraction of sp³-hybridized carbons (Fsp3) is 0.619. The Morgan fingerprint density at radius 2 is 1.67 bits per heavy atom. The molecule has 1 aromatic carbocycles. The van der Waals surface area contributed by atoms with E-state index in [1.165, 1.54) is 25.7 Å². The summed E-state index contributed by atoms with van der Waals surface area (Å²) in [4.78, 5) is 25.3. The number of aliphatic hydroxyl groups excluding tert-OH is 1. The number of carbonyl (C=O) groups is 2. The summed E-state index contributed by atoms with van der Waals surface area (Å²) < 4.78 is 0. The van der Waals surface area contributed by atoms with E-state index in [4.69, 9.17) is 0 Å². The summed E-state index contributed by atoms with van der Waals surface area (Å²) in [6.45, 7) is 2.19. The molecular formula is C21H30O3. The first-order valence-electron chi connectivity index (χ1n) is 9.45. The molecule has 2 rings (SSSR count). The molecule has 24 heavy (non-hydrogen) atoms. The predicted octanol–water partition coefficient (Wildman–Crippen LogP) is 4.58. The van der Waals surface area contributed by atoms with Crippen molar-refractivity contribution in [2.24, 2.45) is 11.8 Å². The van der Waals surface area contributed by atoms with Crippen LogP contribution in [0.2, 0.25) is 0 Å². The maximum atomic E-state index is 12.7. The lowest BCUT2D eigenvalue weighted by molar-refractivity contribution is -0.124. The summed E-state index contributed by atoms with van der Waals surface area (Å²) in [6, 6.07) is 9.04. The summed E-state index contributed by atoms with van der Waals surface area (Å²) in [5.74, 6) is -0.776. The molecule has 1 aliphatic rings. The van der Waals surface area contributed by atoms with Gasteiger partial charge in [-0.1, -0.05) is 69.4 Å². The van der Waals surface area contributed by atoms with Crippen LogP contribution in [-0.4, -0.2) is 22.8 Å². The molecule has 0 radical (unpaired) electrons. The van der Waals surface area contributed by atoms with Crippen molar-refractivity contribution in [3.05, 3.63) is 35.9 Å². The second-order valence-electron chi connectivity index (χ2n) is 6.99. The minimum atomic E-state index is -0.684. The highest BCUT2D eigenvalue weighted by Gasteiger charge is 2.43. The topological polar surface area (TPSA) is 54.4 Å². The van der Waals surface area contributed by atoms with Gasteiger partial charge in [-0.25, -0.2) is 0 Å². The monoisotopic (exact) mass is 330 g/mol. The third-order valence-electron chi connectivity index (χ3n) is 5.17.